The molecule has 4 heteroatoms. The number of aliphatic hydroxyl groups is 1. The van der Waals surface area contributed by atoms with Gasteiger partial charge in [-0.1, -0.05) is 24.3 Å². The lowest BCUT2D eigenvalue weighted by Gasteiger charge is -2.20. The van der Waals surface area contributed by atoms with E-state index < -0.39 is 0 Å². The van der Waals surface area contributed by atoms with Crippen LogP contribution >= 0.6 is 0 Å². The van der Waals surface area contributed by atoms with Crippen molar-refractivity contribution in [2.75, 3.05) is 6.54 Å². The summed E-state index contributed by atoms with van der Waals surface area (Å²) in [6.45, 7) is 6.87. The predicted octanol–water partition coefficient (Wildman–Crippen LogP) is 1.18. The molecule has 0 saturated carbocycles. The minimum absolute atomic E-state index is 0.00511. The van der Waals surface area contributed by atoms with Gasteiger partial charge in [-0.05, 0) is 31.9 Å². The van der Waals surface area contributed by atoms with E-state index in [0.29, 0.717) is 13.1 Å². The second kappa shape index (κ2) is 6.52. The topological polar surface area (TPSA) is 61.4 Å². The molecule has 1 aromatic carbocycles. The molecule has 0 spiro atoms. The van der Waals surface area contributed by atoms with Crippen LogP contribution in [0, 0.1) is 0 Å². The first kappa shape index (κ1) is 14.7. The van der Waals surface area contributed by atoms with Gasteiger partial charge in [0.2, 0.25) is 5.91 Å². The summed E-state index contributed by atoms with van der Waals surface area (Å²) in [4.78, 5) is 11.5. The van der Waals surface area contributed by atoms with E-state index in [1.165, 1.54) is 0 Å². The molecular weight excluding hydrogens is 228 g/mol. The van der Waals surface area contributed by atoms with Gasteiger partial charge in [0.05, 0.1) is 13.2 Å². The third kappa shape index (κ3) is 5.80. The molecule has 3 N–H and O–H groups in total. The zero-order chi connectivity index (χ0) is 13.6. The van der Waals surface area contributed by atoms with Crippen LogP contribution in [0.3, 0.4) is 0 Å². The average Bonchev–Trinajstić information content (AvgIpc) is 2.27. The van der Waals surface area contributed by atoms with Crippen molar-refractivity contribution in [3.05, 3.63) is 35.4 Å². The Morgan fingerprint density at radius 2 is 1.72 bits per heavy atom. The van der Waals surface area contributed by atoms with Gasteiger partial charge in [0.1, 0.15) is 0 Å². The van der Waals surface area contributed by atoms with Crippen molar-refractivity contribution in [1.29, 1.82) is 0 Å². The monoisotopic (exact) mass is 250 g/mol. The van der Waals surface area contributed by atoms with E-state index in [-0.39, 0.29) is 18.1 Å². The van der Waals surface area contributed by atoms with Crippen LogP contribution in [0.5, 0.6) is 0 Å². The Morgan fingerprint density at radius 1 is 1.17 bits per heavy atom. The zero-order valence-corrected chi connectivity index (χ0v) is 11.3. The summed E-state index contributed by atoms with van der Waals surface area (Å²) in [5.41, 5.74) is 1.79. The summed E-state index contributed by atoms with van der Waals surface area (Å²) >= 11 is 0. The minimum Gasteiger partial charge on any atom is -0.392 e. The summed E-state index contributed by atoms with van der Waals surface area (Å²) in [6.07, 6.45) is 0. The predicted molar refractivity (Wildman–Crippen MR) is 72.0 cm³/mol. The Labute approximate surface area is 108 Å². The van der Waals surface area contributed by atoms with E-state index in [0.717, 1.165) is 11.1 Å². The van der Waals surface area contributed by atoms with Gasteiger partial charge >= 0.3 is 0 Å². The molecule has 0 aromatic heterocycles. The van der Waals surface area contributed by atoms with Crippen LogP contribution in [0.15, 0.2) is 24.3 Å². The highest BCUT2D eigenvalue weighted by Gasteiger charge is 2.12. The van der Waals surface area contributed by atoms with Crippen molar-refractivity contribution in [2.24, 2.45) is 0 Å². The Bertz CT molecular complexity index is 380. The molecule has 4 nitrogen and oxygen atoms in total. The van der Waals surface area contributed by atoms with E-state index >= 15 is 0 Å². The second-order valence-electron chi connectivity index (χ2n) is 5.38. The molecule has 18 heavy (non-hydrogen) atoms. The third-order valence-corrected chi connectivity index (χ3v) is 2.33. The lowest BCUT2D eigenvalue weighted by atomic mass is 10.1. The largest absolute Gasteiger partial charge is 0.392 e. The molecule has 0 aliphatic carbocycles. The second-order valence-corrected chi connectivity index (χ2v) is 5.38. The van der Waals surface area contributed by atoms with E-state index in [1.807, 2.05) is 45.0 Å². The van der Waals surface area contributed by atoms with Gasteiger partial charge < -0.3 is 15.7 Å². The maximum absolute atomic E-state index is 11.5. The molecule has 0 radical (unpaired) electrons. The van der Waals surface area contributed by atoms with E-state index in [2.05, 4.69) is 10.6 Å². The molecular formula is C14H22N2O2. The number of aliphatic hydroxyl groups excluding tert-OH is 1. The molecule has 1 rings (SSSR count). The summed E-state index contributed by atoms with van der Waals surface area (Å²) in [5.74, 6) is -0.00511. The maximum Gasteiger partial charge on any atom is 0.234 e. The molecule has 0 heterocycles. The Hall–Kier alpha value is -1.39. The summed E-state index contributed by atoms with van der Waals surface area (Å²) in [7, 11) is 0. The number of hydrogen-bond acceptors (Lipinski definition) is 3. The molecule has 0 fully saturated rings. The molecule has 0 unspecified atom stereocenters. The van der Waals surface area contributed by atoms with Crippen molar-refractivity contribution in [3.63, 3.8) is 0 Å². The van der Waals surface area contributed by atoms with Crippen LogP contribution in [-0.2, 0) is 17.9 Å². The van der Waals surface area contributed by atoms with Crippen LogP contribution in [0.4, 0.5) is 0 Å². The van der Waals surface area contributed by atoms with Gasteiger partial charge in [0.15, 0.2) is 0 Å². The van der Waals surface area contributed by atoms with Crippen molar-refractivity contribution < 1.29 is 9.90 Å². The summed E-state index contributed by atoms with van der Waals surface area (Å²) < 4.78 is 0. The Morgan fingerprint density at radius 3 is 2.22 bits per heavy atom. The lowest BCUT2D eigenvalue weighted by Crippen LogP contribution is -2.44. The van der Waals surface area contributed by atoms with E-state index in [4.69, 9.17) is 5.11 Å². The highest BCUT2D eigenvalue weighted by Crippen LogP contribution is 2.03. The van der Waals surface area contributed by atoms with Gasteiger partial charge in [-0.25, -0.2) is 0 Å². The quantitative estimate of drug-likeness (QED) is 0.735. The molecule has 1 amide bonds. The zero-order valence-electron chi connectivity index (χ0n) is 11.3. The fourth-order valence-corrected chi connectivity index (χ4v) is 1.55. The first-order valence-electron chi connectivity index (χ1n) is 6.11. The van der Waals surface area contributed by atoms with Gasteiger partial charge in [-0.3, -0.25) is 4.79 Å². The van der Waals surface area contributed by atoms with Gasteiger partial charge in [0, 0.05) is 12.1 Å². The maximum atomic E-state index is 11.5. The SMILES string of the molecule is CC(C)(C)NC(=O)CNCc1ccc(CO)cc1. The van der Waals surface area contributed by atoms with Crippen LogP contribution < -0.4 is 10.6 Å². The van der Waals surface area contributed by atoms with E-state index in [1.54, 1.807) is 0 Å². The highest BCUT2D eigenvalue weighted by molar-refractivity contribution is 5.78. The number of hydrogen-bond donors (Lipinski definition) is 3. The number of carbonyl (C=O) groups excluding carboxylic acids is 1. The summed E-state index contributed by atoms with van der Waals surface area (Å²) in [6, 6.07) is 7.65. The smallest absolute Gasteiger partial charge is 0.234 e. The highest BCUT2D eigenvalue weighted by atomic mass is 16.3. The van der Waals surface area contributed by atoms with Crippen LogP contribution in [0.25, 0.3) is 0 Å². The number of rotatable bonds is 5. The standard InChI is InChI=1S/C14H22N2O2/c1-14(2,3)16-13(18)9-15-8-11-4-6-12(10-17)7-5-11/h4-7,15,17H,8-10H2,1-3H3,(H,16,18). The average molecular weight is 250 g/mol. The molecule has 0 bridgehead atoms. The Balaban J connectivity index is 2.30. The van der Waals surface area contributed by atoms with Crippen molar-refractivity contribution in [1.82, 2.24) is 10.6 Å². The number of nitrogens with one attached hydrogen (secondary N) is 2. The van der Waals surface area contributed by atoms with Crippen molar-refractivity contribution in [2.45, 2.75) is 39.5 Å². The van der Waals surface area contributed by atoms with Crippen molar-refractivity contribution >= 4 is 5.91 Å². The Kier molecular flexibility index (Phi) is 5.31. The normalized spacial score (nSPS) is 11.3. The van der Waals surface area contributed by atoms with Gasteiger partial charge in [0.25, 0.3) is 0 Å². The van der Waals surface area contributed by atoms with Crippen molar-refractivity contribution in [3.8, 4) is 0 Å². The molecule has 100 valence electrons. The van der Waals surface area contributed by atoms with Crippen LogP contribution in [0.1, 0.15) is 31.9 Å². The molecule has 1 aromatic rings. The third-order valence-electron chi connectivity index (χ3n) is 2.33. The fourth-order valence-electron chi connectivity index (χ4n) is 1.55. The summed E-state index contributed by atoms with van der Waals surface area (Å²) in [5, 5.41) is 14.9. The van der Waals surface area contributed by atoms with Gasteiger partial charge in [-0.15, -0.1) is 0 Å². The molecule has 0 saturated heterocycles. The first-order chi connectivity index (χ1) is 8.40. The number of carbonyl (C=O) groups is 1. The van der Waals surface area contributed by atoms with Gasteiger partial charge in [-0.2, -0.15) is 0 Å². The van der Waals surface area contributed by atoms with E-state index in [9.17, 15) is 4.79 Å². The number of benzene rings is 1. The van der Waals surface area contributed by atoms with Crippen LogP contribution in [0.2, 0.25) is 0 Å². The first-order valence-corrected chi connectivity index (χ1v) is 6.11. The molecule has 0 aliphatic heterocycles. The fraction of sp³-hybridized carbons (Fsp3) is 0.500. The minimum atomic E-state index is -0.193. The molecule has 0 aliphatic rings. The molecule has 0 atom stereocenters. The lowest BCUT2D eigenvalue weighted by molar-refractivity contribution is -0.121. The van der Waals surface area contributed by atoms with Crippen LogP contribution in [-0.4, -0.2) is 23.1 Å². The number of amides is 1.